The van der Waals surface area contributed by atoms with E-state index in [2.05, 4.69) is 0 Å². The summed E-state index contributed by atoms with van der Waals surface area (Å²) >= 11 is 0. The molecule has 0 saturated heterocycles. The van der Waals surface area contributed by atoms with Gasteiger partial charge in [0.25, 0.3) is 0 Å². The van der Waals surface area contributed by atoms with Crippen molar-refractivity contribution in [3.05, 3.63) is 59.2 Å². The smallest absolute Gasteiger partial charge is 0.490 e. The maximum atomic E-state index is 15.1. The summed E-state index contributed by atoms with van der Waals surface area (Å²) in [6.07, 6.45) is -6.59. The van der Waals surface area contributed by atoms with Gasteiger partial charge in [-0.25, -0.2) is 30.3 Å². The van der Waals surface area contributed by atoms with Crippen molar-refractivity contribution < 1.29 is 56.7 Å². The van der Waals surface area contributed by atoms with Crippen molar-refractivity contribution in [3.8, 4) is 5.75 Å². The van der Waals surface area contributed by atoms with Gasteiger partial charge in [-0.15, -0.1) is 0 Å². The van der Waals surface area contributed by atoms with Crippen LogP contribution in [0.25, 0.3) is 0 Å². The molecule has 6 nitrogen and oxygen atoms in total. The highest BCUT2D eigenvalue weighted by atomic mass is 32.2. The van der Waals surface area contributed by atoms with Gasteiger partial charge in [0, 0.05) is 12.0 Å². The predicted molar refractivity (Wildman–Crippen MR) is 111 cm³/mol. The van der Waals surface area contributed by atoms with Gasteiger partial charge in [0.05, 0.1) is 22.6 Å². The summed E-state index contributed by atoms with van der Waals surface area (Å²) in [4.78, 5) is -0.670. The highest BCUT2D eigenvalue weighted by molar-refractivity contribution is 7.92. The van der Waals surface area contributed by atoms with Crippen molar-refractivity contribution in [2.24, 2.45) is 5.92 Å². The lowest BCUT2D eigenvalue weighted by Crippen LogP contribution is -2.56. The largest absolute Gasteiger partial charge is 0.511 e. The van der Waals surface area contributed by atoms with Gasteiger partial charge in [0.2, 0.25) is 0 Å². The first-order valence-corrected chi connectivity index (χ1v) is 13.5. The molecule has 37 heavy (non-hydrogen) atoms. The lowest BCUT2D eigenvalue weighted by molar-refractivity contribution is -0.137. The summed E-state index contributed by atoms with van der Waals surface area (Å²) in [7, 11) is -10.7. The van der Waals surface area contributed by atoms with Gasteiger partial charge in [0.15, 0.2) is 21.4 Å². The molecule has 1 aliphatic heterocycles. The molecule has 1 N–H and O–H groups in total. The predicted octanol–water partition coefficient (Wildman–Crippen LogP) is 4.65. The number of benzene rings is 2. The Bertz CT molecular complexity index is 1420. The summed E-state index contributed by atoms with van der Waals surface area (Å²) in [6.45, 7) is -0.641. The van der Waals surface area contributed by atoms with E-state index in [1.807, 2.05) is 0 Å². The summed E-state index contributed by atoms with van der Waals surface area (Å²) in [5.74, 6) is -4.48. The number of fused-ring (bicyclic) bond motifs is 3. The van der Waals surface area contributed by atoms with Crippen molar-refractivity contribution in [3.63, 3.8) is 0 Å². The van der Waals surface area contributed by atoms with Crippen LogP contribution in [0.15, 0.2) is 41.3 Å². The zero-order valence-corrected chi connectivity index (χ0v) is 20.0. The van der Waals surface area contributed by atoms with Crippen LogP contribution in [0.1, 0.15) is 30.4 Å². The summed E-state index contributed by atoms with van der Waals surface area (Å²) in [5.41, 5.74) is -7.57. The lowest BCUT2D eigenvalue weighted by atomic mass is 9.71. The summed E-state index contributed by atoms with van der Waals surface area (Å²) < 4.78 is 163. The van der Waals surface area contributed by atoms with Crippen molar-refractivity contribution in [1.82, 2.24) is 4.72 Å². The number of sulfone groups is 1. The van der Waals surface area contributed by atoms with E-state index in [4.69, 9.17) is 4.74 Å². The van der Waals surface area contributed by atoms with Crippen LogP contribution in [0, 0.1) is 17.6 Å². The molecule has 1 aliphatic carbocycles. The minimum Gasteiger partial charge on any atom is -0.490 e. The first-order valence-electron chi connectivity index (χ1n) is 10.5. The lowest BCUT2D eigenvalue weighted by Gasteiger charge is -2.49. The molecule has 3 atom stereocenters. The molecule has 1 fully saturated rings. The van der Waals surface area contributed by atoms with Crippen LogP contribution >= 0.6 is 0 Å². The highest BCUT2D eigenvalue weighted by Gasteiger charge is 2.60. The van der Waals surface area contributed by atoms with Crippen molar-refractivity contribution in [1.29, 1.82) is 0 Å². The Balaban J connectivity index is 1.85. The Labute approximate surface area is 205 Å². The second-order valence-corrected chi connectivity index (χ2v) is 12.6. The maximum absolute atomic E-state index is 15.1. The molecule has 0 amide bonds. The number of hydrogen-bond donors (Lipinski definition) is 1. The standard InChI is InChI=1S/C21H17F8NO5S2/c22-15-5-6-16(23)18-17(15)19(36(31,32)14-3-1-11(2-4-14)20(24,25)26)8-7-13(9-12(19)10-35-18)30-37(33,34)21(27,28)29/h1-6,12-13,30H,7-10H2/t12?,13-,19+/m1/s1. The van der Waals surface area contributed by atoms with E-state index in [0.717, 1.165) is 0 Å². The number of hydrogen-bond acceptors (Lipinski definition) is 5. The maximum Gasteiger partial charge on any atom is 0.511 e. The minimum absolute atomic E-state index is 0.490. The molecule has 0 bridgehead atoms. The number of rotatable bonds is 4. The molecule has 0 aromatic heterocycles. The molecule has 2 aromatic rings. The first-order chi connectivity index (χ1) is 16.9. The fraction of sp³-hybridized carbons (Fsp3) is 0.429. The van der Waals surface area contributed by atoms with Crippen LogP contribution < -0.4 is 9.46 Å². The number of nitrogens with one attached hydrogen (secondary N) is 1. The van der Waals surface area contributed by atoms with Gasteiger partial charge < -0.3 is 4.74 Å². The highest BCUT2D eigenvalue weighted by Crippen LogP contribution is 2.56. The molecule has 1 unspecified atom stereocenters. The van der Waals surface area contributed by atoms with E-state index in [-0.39, 0.29) is 0 Å². The van der Waals surface area contributed by atoms with E-state index in [9.17, 15) is 47.6 Å². The van der Waals surface area contributed by atoms with Crippen LogP contribution in [0.5, 0.6) is 5.75 Å². The van der Waals surface area contributed by atoms with Gasteiger partial charge in [-0.05, 0) is 55.7 Å². The summed E-state index contributed by atoms with van der Waals surface area (Å²) in [6, 6.07) is 2.14. The normalized spacial score (nSPS) is 24.6. The average Bonchev–Trinajstić information content (AvgIpc) is 2.79. The molecule has 1 saturated carbocycles. The van der Waals surface area contributed by atoms with Crippen LogP contribution in [-0.4, -0.2) is 35.0 Å². The van der Waals surface area contributed by atoms with Gasteiger partial charge in [0.1, 0.15) is 10.6 Å². The average molecular weight is 579 g/mol. The number of alkyl halides is 6. The minimum atomic E-state index is -5.82. The van der Waals surface area contributed by atoms with Crippen LogP contribution in [0.3, 0.4) is 0 Å². The molecule has 204 valence electrons. The third kappa shape index (κ3) is 4.46. The molecule has 1 heterocycles. The topological polar surface area (TPSA) is 89.5 Å². The Morgan fingerprint density at radius 2 is 1.49 bits per heavy atom. The van der Waals surface area contributed by atoms with E-state index in [0.29, 0.717) is 36.4 Å². The Morgan fingerprint density at radius 3 is 2.05 bits per heavy atom. The molecule has 4 rings (SSSR count). The third-order valence-corrected chi connectivity index (χ3v) is 10.4. The van der Waals surface area contributed by atoms with E-state index >= 15 is 4.39 Å². The second-order valence-electron chi connectivity index (χ2n) is 8.69. The van der Waals surface area contributed by atoms with Crippen LogP contribution in [-0.2, 0) is 30.8 Å². The number of halogens is 8. The fourth-order valence-electron chi connectivity index (χ4n) is 4.94. The van der Waals surface area contributed by atoms with Crippen molar-refractivity contribution in [2.45, 2.75) is 46.6 Å². The monoisotopic (exact) mass is 579 g/mol. The van der Waals surface area contributed by atoms with E-state index < -0.39 is 108 Å². The van der Waals surface area contributed by atoms with Crippen molar-refractivity contribution in [2.75, 3.05) is 6.61 Å². The molecule has 2 aromatic carbocycles. The summed E-state index contributed by atoms with van der Waals surface area (Å²) in [5, 5.41) is 0. The number of ether oxygens (including phenoxy) is 1. The fourth-order valence-corrected chi connectivity index (χ4v) is 8.09. The quantitative estimate of drug-likeness (QED) is 0.533. The zero-order valence-electron chi connectivity index (χ0n) is 18.3. The Kier molecular flexibility index (Phi) is 6.55. The number of sulfonamides is 1. The van der Waals surface area contributed by atoms with E-state index in [1.54, 1.807) is 0 Å². The first kappa shape index (κ1) is 27.6. The zero-order chi connectivity index (χ0) is 27.6. The Morgan fingerprint density at radius 1 is 0.892 bits per heavy atom. The van der Waals surface area contributed by atoms with Crippen molar-refractivity contribution >= 4 is 19.9 Å². The molecule has 2 aliphatic rings. The van der Waals surface area contributed by atoms with Crippen LogP contribution in [0.2, 0.25) is 0 Å². The van der Waals surface area contributed by atoms with Gasteiger partial charge in [-0.2, -0.15) is 26.3 Å². The van der Waals surface area contributed by atoms with Crippen LogP contribution in [0.4, 0.5) is 35.1 Å². The van der Waals surface area contributed by atoms with Gasteiger partial charge in [-0.1, -0.05) is 0 Å². The van der Waals surface area contributed by atoms with Gasteiger partial charge in [-0.3, -0.25) is 0 Å². The molecular formula is C21H17F8NO5S2. The Hall–Kier alpha value is -2.46. The molecule has 16 heteroatoms. The SMILES string of the molecule is O=S(=O)(N[C@@H]1CC[C@@]2(S(=O)(=O)c3ccc(C(F)(F)F)cc3)c3c(F)ccc(F)c3OCC2C1)C(F)(F)F. The third-order valence-electron chi connectivity index (χ3n) is 6.60. The molecule has 0 radical (unpaired) electrons. The van der Waals surface area contributed by atoms with Gasteiger partial charge >= 0.3 is 21.7 Å². The van der Waals surface area contributed by atoms with E-state index in [1.165, 1.54) is 4.72 Å². The second kappa shape index (κ2) is 8.80. The molecule has 0 spiro atoms. The molecular weight excluding hydrogens is 562 g/mol.